The van der Waals surface area contributed by atoms with Crippen LogP contribution in [0.3, 0.4) is 0 Å². The van der Waals surface area contributed by atoms with Crippen LogP contribution in [-0.4, -0.2) is 26.2 Å². The number of hydrogen-bond donors (Lipinski definition) is 0. The van der Waals surface area contributed by atoms with Gasteiger partial charge in [-0.1, -0.05) is 0 Å². The second-order valence-electron chi connectivity index (χ2n) is 2.25. The summed E-state index contributed by atoms with van der Waals surface area (Å²) in [4.78, 5) is 5.94. The summed E-state index contributed by atoms with van der Waals surface area (Å²) in [5.41, 5.74) is 1.19. The first-order chi connectivity index (χ1) is 5.72. The molecule has 0 unspecified atom stereocenters. The van der Waals surface area contributed by atoms with Crippen LogP contribution in [0.1, 0.15) is 0 Å². The Morgan fingerprint density at radius 2 is 1.69 bits per heavy atom. The molecule has 0 atom stereocenters. The summed E-state index contributed by atoms with van der Waals surface area (Å²) in [6.45, 7) is 0. The molecular formula is C8H13ClCuN2O+. The molecule has 0 saturated carbocycles. The zero-order valence-electron chi connectivity index (χ0n) is 7.79. The molecule has 0 amide bonds. The summed E-state index contributed by atoms with van der Waals surface area (Å²) in [6, 6.07) is 3.94. The molecule has 0 bridgehead atoms. The van der Waals surface area contributed by atoms with Gasteiger partial charge >= 0.3 is 17.1 Å². The normalized spacial score (nSPS) is 7.69. The maximum absolute atomic E-state index is 4.50. The molecule has 3 nitrogen and oxygen atoms in total. The standard InChI is InChI=1S/C7H10N2.CH3ClO.Cu/c1-9(2)7-3-5-8-6-4-7;1-3-2;/h3-6H,1-2H3;1H3;/q;;+1. The van der Waals surface area contributed by atoms with Crippen LogP contribution in [0.2, 0.25) is 0 Å². The van der Waals surface area contributed by atoms with Gasteiger partial charge in [-0.2, -0.15) is 0 Å². The van der Waals surface area contributed by atoms with Crippen LogP contribution in [0.25, 0.3) is 0 Å². The van der Waals surface area contributed by atoms with Crippen molar-refractivity contribution in [3.63, 3.8) is 0 Å². The van der Waals surface area contributed by atoms with Crippen molar-refractivity contribution < 1.29 is 21.4 Å². The Balaban J connectivity index is 0. The first-order valence-corrected chi connectivity index (χ1v) is 3.75. The van der Waals surface area contributed by atoms with Crippen molar-refractivity contribution in [3.05, 3.63) is 24.5 Å². The van der Waals surface area contributed by atoms with E-state index in [1.165, 1.54) is 12.8 Å². The van der Waals surface area contributed by atoms with Crippen LogP contribution in [0.15, 0.2) is 24.5 Å². The van der Waals surface area contributed by atoms with Gasteiger partial charge in [0.05, 0.1) is 19.0 Å². The third-order valence-electron chi connectivity index (χ3n) is 1.18. The largest absolute Gasteiger partial charge is 1.00 e. The van der Waals surface area contributed by atoms with E-state index in [2.05, 4.69) is 21.1 Å². The van der Waals surface area contributed by atoms with E-state index in [-0.39, 0.29) is 17.1 Å². The molecule has 1 aromatic heterocycles. The van der Waals surface area contributed by atoms with Gasteiger partial charge in [0.15, 0.2) is 0 Å². The second kappa shape index (κ2) is 9.80. The van der Waals surface area contributed by atoms with Crippen molar-refractivity contribution in [2.45, 2.75) is 0 Å². The zero-order valence-corrected chi connectivity index (χ0v) is 9.49. The fourth-order valence-electron chi connectivity index (χ4n) is 0.642. The average molecular weight is 252 g/mol. The van der Waals surface area contributed by atoms with Crippen LogP contribution in [-0.2, 0) is 21.4 Å². The molecule has 0 aliphatic heterocycles. The molecule has 1 rings (SSSR count). The van der Waals surface area contributed by atoms with E-state index >= 15 is 0 Å². The van der Waals surface area contributed by atoms with Crippen LogP contribution >= 0.6 is 11.9 Å². The number of aromatic nitrogens is 1. The molecule has 0 aliphatic rings. The third kappa shape index (κ3) is 8.06. The van der Waals surface area contributed by atoms with Gasteiger partial charge in [-0.05, 0) is 12.1 Å². The van der Waals surface area contributed by atoms with Gasteiger partial charge in [-0.15, -0.1) is 0 Å². The minimum absolute atomic E-state index is 0. The second-order valence-corrected chi connectivity index (χ2v) is 2.56. The summed E-state index contributed by atoms with van der Waals surface area (Å²) in [5, 5.41) is 0. The van der Waals surface area contributed by atoms with Gasteiger partial charge in [0, 0.05) is 32.2 Å². The summed E-state index contributed by atoms with van der Waals surface area (Å²) in [7, 11) is 5.41. The van der Waals surface area contributed by atoms with Crippen molar-refractivity contribution in [1.29, 1.82) is 0 Å². The number of rotatable bonds is 1. The number of hydrogen-bond acceptors (Lipinski definition) is 3. The van der Waals surface area contributed by atoms with Crippen molar-refractivity contribution in [1.82, 2.24) is 4.98 Å². The van der Waals surface area contributed by atoms with Crippen LogP contribution < -0.4 is 4.90 Å². The molecule has 0 spiro atoms. The number of pyridine rings is 1. The van der Waals surface area contributed by atoms with Crippen molar-refractivity contribution >= 4 is 17.6 Å². The molecule has 5 heteroatoms. The Morgan fingerprint density at radius 1 is 1.31 bits per heavy atom. The van der Waals surface area contributed by atoms with Crippen LogP contribution in [0, 0.1) is 0 Å². The fourth-order valence-corrected chi connectivity index (χ4v) is 0.642. The monoisotopic (exact) mass is 251 g/mol. The molecule has 0 saturated heterocycles. The Morgan fingerprint density at radius 3 is 1.92 bits per heavy atom. The molecular weight excluding hydrogens is 239 g/mol. The average Bonchev–Trinajstić information content (AvgIpc) is 2.07. The minimum atomic E-state index is 0. The topological polar surface area (TPSA) is 25.4 Å². The third-order valence-corrected chi connectivity index (χ3v) is 1.18. The van der Waals surface area contributed by atoms with Crippen molar-refractivity contribution in [3.8, 4) is 0 Å². The van der Waals surface area contributed by atoms with Crippen LogP contribution in [0.4, 0.5) is 5.69 Å². The van der Waals surface area contributed by atoms with Gasteiger partial charge < -0.3 is 4.90 Å². The quantitative estimate of drug-likeness (QED) is 0.714. The molecule has 0 fully saturated rings. The van der Waals surface area contributed by atoms with E-state index in [4.69, 9.17) is 0 Å². The molecule has 78 valence electrons. The number of anilines is 1. The fraction of sp³-hybridized carbons (Fsp3) is 0.375. The van der Waals surface area contributed by atoms with E-state index in [0.29, 0.717) is 0 Å². The first kappa shape index (κ1) is 15.2. The molecule has 1 aromatic rings. The van der Waals surface area contributed by atoms with Gasteiger partial charge in [0.2, 0.25) is 0 Å². The van der Waals surface area contributed by atoms with Gasteiger partial charge in [0.1, 0.15) is 0 Å². The van der Waals surface area contributed by atoms with Crippen molar-refractivity contribution in [2.75, 3.05) is 26.1 Å². The van der Waals surface area contributed by atoms with Crippen molar-refractivity contribution in [2.24, 2.45) is 0 Å². The summed E-state index contributed by atoms with van der Waals surface area (Å²) < 4.78 is 3.72. The number of halogens is 1. The Kier molecular flexibility index (Phi) is 11.5. The van der Waals surface area contributed by atoms with E-state index in [0.717, 1.165) is 0 Å². The predicted octanol–water partition coefficient (Wildman–Crippen LogP) is 1.93. The molecule has 0 aromatic carbocycles. The molecule has 13 heavy (non-hydrogen) atoms. The van der Waals surface area contributed by atoms with Gasteiger partial charge in [-0.3, -0.25) is 9.27 Å². The Labute approximate surface area is 94.7 Å². The summed E-state index contributed by atoms with van der Waals surface area (Å²) >= 11 is 4.50. The van der Waals surface area contributed by atoms with E-state index in [9.17, 15) is 0 Å². The summed E-state index contributed by atoms with van der Waals surface area (Å²) in [5.74, 6) is 0. The van der Waals surface area contributed by atoms with Crippen LogP contribution in [0.5, 0.6) is 0 Å². The predicted molar refractivity (Wildman–Crippen MR) is 51.4 cm³/mol. The first-order valence-electron chi connectivity index (χ1n) is 3.44. The van der Waals surface area contributed by atoms with E-state index in [1.54, 1.807) is 12.4 Å². The van der Waals surface area contributed by atoms with Gasteiger partial charge in [0.25, 0.3) is 0 Å². The number of nitrogens with zero attached hydrogens (tertiary/aromatic N) is 2. The SMILES string of the molecule is CN(C)c1ccncc1.COCl.[Cu+]. The maximum Gasteiger partial charge on any atom is 1.00 e. The molecule has 0 aliphatic carbocycles. The summed E-state index contributed by atoms with van der Waals surface area (Å²) in [6.07, 6.45) is 3.57. The minimum Gasteiger partial charge on any atom is -0.378 e. The molecule has 0 radical (unpaired) electrons. The zero-order chi connectivity index (χ0) is 9.40. The van der Waals surface area contributed by atoms with E-state index < -0.39 is 0 Å². The Hall–Kier alpha value is -0.281. The molecule has 1 heterocycles. The molecule has 0 N–H and O–H groups in total. The smallest absolute Gasteiger partial charge is 0.378 e. The Bertz CT molecular complexity index is 197. The van der Waals surface area contributed by atoms with E-state index in [1.807, 2.05) is 31.1 Å². The maximum atomic E-state index is 4.50. The van der Waals surface area contributed by atoms with Gasteiger partial charge in [-0.25, -0.2) is 0 Å².